The van der Waals surface area contributed by atoms with Crippen LogP contribution in [0.4, 0.5) is 8.78 Å². The molecule has 0 aliphatic carbocycles. The van der Waals surface area contributed by atoms with Crippen LogP contribution in [0.1, 0.15) is 31.6 Å². The molecular weight excluding hydrogens is 346 g/mol. The first-order chi connectivity index (χ1) is 12.4. The van der Waals surface area contributed by atoms with Crippen LogP contribution in [-0.4, -0.2) is 28.5 Å². The maximum absolute atomic E-state index is 14.3. The average molecular weight is 366 g/mol. The number of rotatable bonds is 5. The molecule has 0 amide bonds. The first-order valence-corrected chi connectivity index (χ1v) is 8.38. The lowest BCUT2D eigenvalue weighted by molar-refractivity contribution is -0.0237. The van der Waals surface area contributed by atoms with Gasteiger partial charge in [0.25, 0.3) is 5.56 Å². The largest absolute Gasteiger partial charge is 0.497 e. The molecule has 2 aromatic rings. The summed E-state index contributed by atoms with van der Waals surface area (Å²) >= 11 is 0. The predicted molar refractivity (Wildman–Crippen MR) is 90.7 cm³/mol. The molecule has 140 valence electrons. The number of methoxy groups -OCH3 is 1. The van der Waals surface area contributed by atoms with Gasteiger partial charge in [-0.3, -0.25) is 13.9 Å². The molecule has 0 spiro atoms. The van der Waals surface area contributed by atoms with Gasteiger partial charge in [0, 0.05) is 6.42 Å². The van der Waals surface area contributed by atoms with Gasteiger partial charge in [-0.25, -0.2) is 9.18 Å². The van der Waals surface area contributed by atoms with Gasteiger partial charge in [-0.15, -0.1) is 0 Å². The maximum atomic E-state index is 14.3. The van der Waals surface area contributed by atoms with E-state index in [1.165, 1.54) is 7.11 Å². The number of ether oxygens (including phenoxy) is 2. The topological polar surface area (TPSA) is 62.5 Å². The van der Waals surface area contributed by atoms with Crippen molar-refractivity contribution in [3.63, 3.8) is 0 Å². The monoisotopic (exact) mass is 366 g/mol. The van der Waals surface area contributed by atoms with Crippen LogP contribution in [-0.2, 0) is 11.3 Å². The Hall–Kier alpha value is -2.48. The van der Waals surface area contributed by atoms with E-state index >= 15 is 0 Å². The van der Waals surface area contributed by atoms with Crippen LogP contribution >= 0.6 is 0 Å². The first kappa shape index (κ1) is 18.3. The lowest BCUT2D eigenvalue weighted by atomic mass is 10.2. The molecule has 1 aliphatic rings. The molecule has 6 nitrogen and oxygen atoms in total. The van der Waals surface area contributed by atoms with E-state index in [2.05, 4.69) is 0 Å². The fourth-order valence-corrected chi connectivity index (χ4v) is 3.03. The van der Waals surface area contributed by atoms with Gasteiger partial charge in [0.1, 0.15) is 11.9 Å². The zero-order chi connectivity index (χ0) is 18.8. The number of halogens is 2. The van der Waals surface area contributed by atoms with Crippen molar-refractivity contribution in [1.29, 1.82) is 0 Å². The summed E-state index contributed by atoms with van der Waals surface area (Å²) in [7, 11) is 1.52. The quantitative estimate of drug-likeness (QED) is 0.814. The van der Waals surface area contributed by atoms with Gasteiger partial charge in [0.15, 0.2) is 6.23 Å². The minimum atomic E-state index is -1.44. The van der Waals surface area contributed by atoms with Crippen molar-refractivity contribution in [3.05, 3.63) is 62.7 Å². The second-order valence-electron chi connectivity index (χ2n) is 6.21. The Morgan fingerprint density at radius 1 is 1.27 bits per heavy atom. The molecule has 1 saturated heterocycles. The number of benzene rings is 1. The molecule has 1 fully saturated rings. The van der Waals surface area contributed by atoms with Gasteiger partial charge in [0.05, 0.1) is 26.0 Å². The Kier molecular flexibility index (Phi) is 5.22. The molecule has 0 N–H and O–H groups in total. The first-order valence-electron chi connectivity index (χ1n) is 8.38. The zero-order valence-corrected chi connectivity index (χ0v) is 14.5. The second-order valence-corrected chi connectivity index (χ2v) is 6.21. The minimum absolute atomic E-state index is 0.132. The van der Waals surface area contributed by atoms with Crippen LogP contribution in [0.2, 0.25) is 0 Å². The highest BCUT2D eigenvalue weighted by Crippen LogP contribution is 2.31. The molecule has 1 aromatic heterocycles. The third-order valence-electron chi connectivity index (χ3n) is 4.51. The Morgan fingerprint density at radius 3 is 2.54 bits per heavy atom. The van der Waals surface area contributed by atoms with Crippen molar-refractivity contribution in [3.8, 4) is 5.75 Å². The van der Waals surface area contributed by atoms with Crippen LogP contribution in [0.3, 0.4) is 0 Å². The van der Waals surface area contributed by atoms with Gasteiger partial charge in [-0.1, -0.05) is 19.1 Å². The second kappa shape index (κ2) is 7.41. The van der Waals surface area contributed by atoms with E-state index in [0.29, 0.717) is 17.7 Å². The highest BCUT2D eigenvalue weighted by Gasteiger charge is 2.37. The summed E-state index contributed by atoms with van der Waals surface area (Å²) < 4.78 is 40.5. The van der Waals surface area contributed by atoms with E-state index in [4.69, 9.17) is 9.47 Å². The minimum Gasteiger partial charge on any atom is -0.497 e. The average Bonchev–Trinajstić information content (AvgIpc) is 3.03. The lowest BCUT2D eigenvalue weighted by Gasteiger charge is -2.18. The lowest BCUT2D eigenvalue weighted by Crippen LogP contribution is -2.43. The maximum Gasteiger partial charge on any atom is 0.333 e. The summed E-state index contributed by atoms with van der Waals surface area (Å²) in [5.74, 6) is -0.517. The van der Waals surface area contributed by atoms with Crippen LogP contribution in [0.25, 0.3) is 0 Å². The van der Waals surface area contributed by atoms with Crippen molar-refractivity contribution in [1.82, 2.24) is 9.13 Å². The summed E-state index contributed by atoms with van der Waals surface area (Å²) in [6, 6.07) is 6.66. The summed E-state index contributed by atoms with van der Waals surface area (Å²) in [6.45, 7) is 1.70. The molecule has 0 radical (unpaired) electrons. The van der Waals surface area contributed by atoms with Crippen molar-refractivity contribution < 1.29 is 18.3 Å². The van der Waals surface area contributed by atoms with Crippen LogP contribution in [0, 0.1) is 5.82 Å². The van der Waals surface area contributed by atoms with Crippen LogP contribution in [0.15, 0.2) is 40.1 Å². The molecule has 1 aromatic carbocycles. The van der Waals surface area contributed by atoms with Gasteiger partial charge in [0.2, 0.25) is 5.82 Å². The van der Waals surface area contributed by atoms with Crippen LogP contribution in [0.5, 0.6) is 5.75 Å². The van der Waals surface area contributed by atoms with Crippen LogP contribution < -0.4 is 16.0 Å². The number of aromatic nitrogens is 2. The van der Waals surface area contributed by atoms with E-state index in [1.54, 1.807) is 24.3 Å². The van der Waals surface area contributed by atoms with E-state index < -0.39 is 29.5 Å². The molecule has 2 heterocycles. The predicted octanol–water partition coefficient (Wildman–Crippen LogP) is 2.24. The molecular formula is C18H20F2N2O4. The highest BCUT2D eigenvalue weighted by molar-refractivity contribution is 5.27. The molecule has 0 bridgehead atoms. The van der Waals surface area contributed by atoms with Gasteiger partial charge in [-0.2, -0.15) is 4.39 Å². The highest BCUT2D eigenvalue weighted by atomic mass is 19.1. The Labute approximate surface area is 148 Å². The van der Waals surface area contributed by atoms with Gasteiger partial charge >= 0.3 is 5.69 Å². The molecule has 8 heteroatoms. The Balaban J connectivity index is 1.99. The number of nitrogens with zero attached hydrogens (tertiary/aromatic N) is 2. The summed E-state index contributed by atoms with van der Waals surface area (Å²) in [6.07, 6.45) is -1.57. The summed E-state index contributed by atoms with van der Waals surface area (Å²) in [5.41, 5.74) is -1.25. The van der Waals surface area contributed by atoms with Gasteiger partial charge in [-0.05, 0) is 24.1 Å². The Morgan fingerprint density at radius 2 is 1.96 bits per heavy atom. The zero-order valence-electron chi connectivity index (χ0n) is 14.5. The molecule has 26 heavy (non-hydrogen) atoms. The smallest absolute Gasteiger partial charge is 0.333 e. The molecule has 3 rings (SSSR count). The molecule has 3 unspecified atom stereocenters. The molecule has 0 saturated carbocycles. The fraction of sp³-hybridized carbons (Fsp3) is 0.444. The number of hydrogen-bond donors (Lipinski definition) is 0. The van der Waals surface area contributed by atoms with Crippen molar-refractivity contribution in [2.45, 2.75) is 44.8 Å². The third-order valence-corrected chi connectivity index (χ3v) is 4.51. The third kappa shape index (κ3) is 3.41. The SMILES string of the molecule is CCC1CC(F)C(n2cc(F)c(=O)n(Cc3ccc(OC)cc3)c2=O)O1. The number of hydrogen-bond acceptors (Lipinski definition) is 4. The standard InChI is InChI=1S/C18H20F2N2O4/c1-3-12-8-14(19)17(26-12)22-10-15(20)16(23)21(18(22)24)9-11-4-6-13(25-2)7-5-11/h4-7,10,12,14,17H,3,8-9H2,1-2H3. The van der Waals surface area contributed by atoms with Crippen molar-refractivity contribution in [2.75, 3.05) is 7.11 Å². The van der Waals surface area contributed by atoms with E-state index in [1.807, 2.05) is 6.92 Å². The summed E-state index contributed by atoms with van der Waals surface area (Å²) in [5, 5.41) is 0. The van der Waals surface area contributed by atoms with Crippen molar-refractivity contribution >= 4 is 0 Å². The molecule has 1 aliphatic heterocycles. The summed E-state index contributed by atoms with van der Waals surface area (Å²) in [4.78, 5) is 24.8. The van der Waals surface area contributed by atoms with E-state index in [-0.39, 0.29) is 19.1 Å². The van der Waals surface area contributed by atoms with E-state index in [0.717, 1.165) is 15.3 Å². The Bertz CT molecular complexity index is 892. The normalized spacial score (nSPS) is 22.5. The van der Waals surface area contributed by atoms with E-state index in [9.17, 15) is 18.4 Å². The fourth-order valence-electron chi connectivity index (χ4n) is 3.03. The number of alkyl halides is 1. The van der Waals surface area contributed by atoms with Crippen molar-refractivity contribution in [2.24, 2.45) is 0 Å². The molecule has 3 atom stereocenters. The van der Waals surface area contributed by atoms with Gasteiger partial charge < -0.3 is 9.47 Å².